The average Bonchev–Trinajstić information content (AvgIpc) is 2.62. The number of benzene rings is 2. The van der Waals surface area contributed by atoms with E-state index in [-0.39, 0.29) is 0 Å². The molecule has 0 N–H and O–H groups in total. The van der Waals surface area contributed by atoms with Crippen LogP contribution in [0.3, 0.4) is 0 Å². The Kier molecular flexibility index (Phi) is 7.41. The van der Waals surface area contributed by atoms with Gasteiger partial charge in [0.05, 0.1) is 0 Å². The van der Waals surface area contributed by atoms with Crippen LogP contribution in [0.15, 0.2) is 48.6 Å². The first-order valence-corrected chi connectivity index (χ1v) is 8.58. The first-order chi connectivity index (χ1) is 12.6. The second kappa shape index (κ2) is 10.0. The predicted molar refractivity (Wildman–Crippen MR) is 108 cm³/mol. The Bertz CT molecular complexity index is 824. The largest absolute Gasteiger partial charge is 0.481 e. The highest BCUT2D eigenvalue weighted by Gasteiger charge is 1.96. The molecule has 0 heterocycles. The summed E-state index contributed by atoms with van der Waals surface area (Å²) in [6, 6.07) is 12.1. The maximum absolute atomic E-state index is 5.59. The molecule has 0 aliphatic carbocycles. The fourth-order valence-corrected chi connectivity index (χ4v) is 2.13. The summed E-state index contributed by atoms with van der Waals surface area (Å²) >= 11 is 0. The SMILES string of the molecule is Cc1ccc(OCC#CC=CC#CCOc2ccc(C)c(C)c2)cc1C. The van der Waals surface area contributed by atoms with Gasteiger partial charge in [-0.15, -0.1) is 0 Å². The molecule has 0 unspecified atom stereocenters. The lowest BCUT2D eigenvalue weighted by atomic mass is 10.1. The average molecular weight is 344 g/mol. The molecule has 0 aromatic heterocycles. The maximum atomic E-state index is 5.59. The van der Waals surface area contributed by atoms with Gasteiger partial charge in [0.15, 0.2) is 0 Å². The fourth-order valence-electron chi connectivity index (χ4n) is 2.13. The lowest BCUT2D eigenvalue weighted by molar-refractivity contribution is 0.369. The molecule has 0 saturated carbocycles. The highest BCUT2D eigenvalue weighted by molar-refractivity contribution is 5.35. The predicted octanol–water partition coefficient (Wildman–Crippen LogP) is 4.94. The lowest BCUT2D eigenvalue weighted by Gasteiger charge is -2.04. The van der Waals surface area contributed by atoms with Crippen molar-refractivity contribution in [2.24, 2.45) is 0 Å². The summed E-state index contributed by atoms with van der Waals surface area (Å²) in [5.41, 5.74) is 4.94. The fraction of sp³-hybridized carbons (Fsp3) is 0.250. The molecule has 0 amide bonds. The third-order valence-electron chi connectivity index (χ3n) is 4.03. The van der Waals surface area contributed by atoms with Crippen molar-refractivity contribution in [2.45, 2.75) is 27.7 Å². The monoisotopic (exact) mass is 344 g/mol. The van der Waals surface area contributed by atoms with E-state index in [4.69, 9.17) is 9.47 Å². The third-order valence-corrected chi connectivity index (χ3v) is 4.03. The van der Waals surface area contributed by atoms with Crippen LogP contribution in [0.1, 0.15) is 22.3 Å². The Labute approximate surface area is 156 Å². The van der Waals surface area contributed by atoms with Crippen molar-refractivity contribution in [3.05, 3.63) is 70.8 Å². The van der Waals surface area contributed by atoms with Crippen molar-refractivity contribution >= 4 is 0 Å². The normalized spacial score (nSPS) is 9.85. The Morgan fingerprint density at radius 3 is 1.46 bits per heavy atom. The Morgan fingerprint density at radius 1 is 0.654 bits per heavy atom. The molecule has 0 radical (unpaired) electrons. The van der Waals surface area contributed by atoms with Gasteiger partial charge in [-0.05, 0) is 86.4 Å². The van der Waals surface area contributed by atoms with E-state index in [0.717, 1.165) is 11.5 Å². The zero-order valence-electron chi connectivity index (χ0n) is 15.8. The number of allylic oxidation sites excluding steroid dienone is 2. The van der Waals surface area contributed by atoms with Crippen LogP contribution >= 0.6 is 0 Å². The van der Waals surface area contributed by atoms with Crippen molar-refractivity contribution < 1.29 is 9.47 Å². The number of aryl methyl sites for hydroxylation is 4. The molecule has 0 spiro atoms. The van der Waals surface area contributed by atoms with Crippen LogP contribution < -0.4 is 9.47 Å². The molecule has 0 saturated heterocycles. The standard InChI is InChI=1S/C24H24O2/c1-19-11-13-23(17-21(19)3)25-15-9-7-5-6-8-10-16-26-24-14-12-20(2)22(4)18-24/h5-6,11-14,17-18H,15-16H2,1-4H3. The van der Waals surface area contributed by atoms with Crippen LogP contribution in [0.4, 0.5) is 0 Å². The zero-order chi connectivity index (χ0) is 18.8. The van der Waals surface area contributed by atoms with Gasteiger partial charge in [-0.2, -0.15) is 0 Å². The molecular formula is C24H24O2. The molecule has 132 valence electrons. The minimum absolute atomic E-state index is 0.357. The summed E-state index contributed by atoms with van der Waals surface area (Å²) < 4.78 is 11.2. The van der Waals surface area contributed by atoms with Gasteiger partial charge in [0.1, 0.15) is 24.7 Å². The maximum Gasteiger partial charge on any atom is 0.149 e. The van der Waals surface area contributed by atoms with E-state index in [1.807, 2.05) is 36.4 Å². The van der Waals surface area contributed by atoms with Gasteiger partial charge in [-0.25, -0.2) is 0 Å². The van der Waals surface area contributed by atoms with Crippen molar-refractivity contribution in [2.75, 3.05) is 13.2 Å². The molecule has 2 heteroatoms. The van der Waals surface area contributed by atoms with Gasteiger partial charge in [-0.3, -0.25) is 0 Å². The van der Waals surface area contributed by atoms with E-state index in [1.165, 1.54) is 22.3 Å². The highest BCUT2D eigenvalue weighted by atomic mass is 16.5. The first-order valence-electron chi connectivity index (χ1n) is 8.58. The molecular weight excluding hydrogens is 320 g/mol. The summed E-state index contributed by atoms with van der Waals surface area (Å²) in [5, 5.41) is 0. The molecule has 0 bridgehead atoms. The second-order valence-corrected chi connectivity index (χ2v) is 6.05. The van der Waals surface area contributed by atoms with E-state index in [9.17, 15) is 0 Å². The summed E-state index contributed by atoms with van der Waals surface area (Å²) in [6.07, 6.45) is 3.43. The van der Waals surface area contributed by atoms with Crippen LogP contribution in [0.2, 0.25) is 0 Å². The smallest absolute Gasteiger partial charge is 0.149 e. The van der Waals surface area contributed by atoms with E-state index < -0.39 is 0 Å². The van der Waals surface area contributed by atoms with Crippen LogP contribution in [0, 0.1) is 51.4 Å². The van der Waals surface area contributed by atoms with E-state index >= 15 is 0 Å². The number of hydrogen-bond acceptors (Lipinski definition) is 2. The molecule has 0 aliphatic heterocycles. The molecule has 2 aromatic rings. The summed E-state index contributed by atoms with van der Waals surface area (Å²) in [5.74, 6) is 13.4. The molecule has 0 aliphatic rings. The Balaban J connectivity index is 1.69. The third kappa shape index (κ3) is 6.42. The number of rotatable bonds is 4. The van der Waals surface area contributed by atoms with Gasteiger partial charge in [0.2, 0.25) is 0 Å². The van der Waals surface area contributed by atoms with Crippen molar-refractivity contribution in [3.63, 3.8) is 0 Å². The molecule has 0 fully saturated rings. The van der Waals surface area contributed by atoms with Gasteiger partial charge in [-0.1, -0.05) is 35.8 Å². The van der Waals surface area contributed by atoms with Crippen molar-refractivity contribution in [3.8, 4) is 35.2 Å². The second-order valence-electron chi connectivity index (χ2n) is 6.05. The summed E-state index contributed by atoms with van der Waals surface area (Å²) in [7, 11) is 0. The Hall–Kier alpha value is -3.10. The molecule has 2 rings (SSSR count). The summed E-state index contributed by atoms with van der Waals surface area (Å²) in [4.78, 5) is 0. The zero-order valence-corrected chi connectivity index (χ0v) is 15.8. The van der Waals surface area contributed by atoms with Crippen molar-refractivity contribution in [1.29, 1.82) is 0 Å². The van der Waals surface area contributed by atoms with Crippen LogP contribution in [0.5, 0.6) is 11.5 Å². The summed E-state index contributed by atoms with van der Waals surface area (Å²) in [6.45, 7) is 9.01. The van der Waals surface area contributed by atoms with Gasteiger partial charge >= 0.3 is 0 Å². The topological polar surface area (TPSA) is 18.5 Å². The molecule has 2 aromatic carbocycles. The number of ether oxygens (including phenoxy) is 2. The van der Waals surface area contributed by atoms with Crippen LogP contribution in [-0.2, 0) is 0 Å². The Morgan fingerprint density at radius 2 is 1.08 bits per heavy atom. The van der Waals surface area contributed by atoms with Gasteiger partial charge in [0.25, 0.3) is 0 Å². The number of hydrogen-bond donors (Lipinski definition) is 0. The highest BCUT2D eigenvalue weighted by Crippen LogP contribution is 2.16. The van der Waals surface area contributed by atoms with Crippen molar-refractivity contribution in [1.82, 2.24) is 0 Å². The minimum atomic E-state index is 0.357. The van der Waals surface area contributed by atoms with E-state index in [1.54, 1.807) is 12.2 Å². The molecule has 26 heavy (non-hydrogen) atoms. The van der Waals surface area contributed by atoms with Gasteiger partial charge < -0.3 is 9.47 Å². The lowest BCUT2D eigenvalue weighted by Crippen LogP contribution is -1.94. The van der Waals surface area contributed by atoms with Gasteiger partial charge in [0, 0.05) is 0 Å². The van der Waals surface area contributed by atoms with Crippen LogP contribution in [0.25, 0.3) is 0 Å². The van der Waals surface area contributed by atoms with E-state index in [2.05, 4.69) is 51.4 Å². The van der Waals surface area contributed by atoms with E-state index in [0.29, 0.717) is 13.2 Å². The quantitative estimate of drug-likeness (QED) is 0.731. The molecule has 2 nitrogen and oxygen atoms in total. The molecule has 0 atom stereocenters. The minimum Gasteiger partial charge on any atom is -0.481 e. The van der Waals surface area contributed by atoms with Crippen LogP contribution in [-0.4, -0.2) is 13.2 Å². The first kappa shape index (κ1) is 19.2.